The average Bonchev–Trinajstić information content (AvgIpc) is 3.91. The fourth-order valence-electron chi connectivity index (χ4n) is 8.94. The Morgan fingerprint density at radius 2 is 1.32 bits per heavy atom. The van der Waals surface area contributed by atoms with E-state index in [1.807, 2.05) is 6.08 Å². The minimum Gasteiger partial charge on any atom is -0.310 e. The highest BCUT2D eigenvalue weighted by Crippen LogP contribution is 2.42. The van der Waals surface area contributed by atoms with Crippen LogP contribution in [0.5, 0.6) is 0 Å². The molecule has 5 nitrogen and oxygen atoms in total. The van der Waals surface area contributed by atoms with E-state index in [1.54, 1.807) is 17.7 Å². The minimum atomic E-state index is -0.00909. The molecule has 0 N–H and O–H groups in total. The number of para-hydroxylation sites is 3. The number of allylic oxidation sites excluding steroid dienone is 5. The lowest BCUT2D eigenvalue weighted by Crippen LogP contribution is -2.11. The van der Waals surface area contributed by atoms with Gasteiger partial charge in [0.05, 0.1) is 22.1 Å². The van der Waals surface area contributed by atoms with Crippen LogP contribution < -0.4 is 0 Å². The zero-order valence-corrected chi connectivity index (χ0v) is 31.6. The highest BCUT2D eigenvalue weighted by Gasteiger charge is 2.24. The predicted molar refractivity (Wildman–Crippen MR) is 236 cm³/mol. The van der Waals surface area contributed by atoms with E-state index < -0.39 is 0 Å². The van der Waals surface area contributed by atoms with Crippen LogP contribution in [0.1, 0.15) is 37.4 Å². The number of unbranched alkanes of at least 4 members (excludes halogenated alkanes) is 1. The highest BCUT2D eigenvalue weighted by molar-refractivity contribution is 7.26. The summed E-state index contributed by atoms with van der Waals surface area (Å²) in [4.78, 5) is 14.8. The summed E-state index contributed by atoms with van der Waals surface area (Å²) in [6.07, 6.45) is 12.4. The second-order valence-corrected chi connectivity index (χ2v) is 15.8. The third-order valence-corrected chi connectivity index (χ3v) is 12.7. The molecule has 10 aromatic rings. The predicted octanol–water partition coefficient (Wildman–Crippen LogP) is 13.4. The van der Waals surface area contributed by atoms with Gasteiger partial charge in [0, 0.05) is 64.6 Å². The van der Waals surface area contributed by atoms with Crippen molar-refractivity contribution in [3.8, 4) is 17.1 Å². The van der Waals surface area contributed by atoms with Gasteiger partial charge in [-0.15, -0.1) is 17.9 Å². The lowest BCUT2D eigenvalue weighted by molar-refractivity contribution is 0.694. The maximum Gasteiger partial charge on any atom is 0.164 e. The van der Waals surface area contributed by atoms with E-state index in [0.29, 0.717) is 0 Å². The molecule has 0 radical (unpaired) electrons. The fraction of sp³-hybridized carbons (Fsp3) is 0.100. The first kappa shape index (κ1) is 32.8. The Balaban J connectivity index is 1.06. The van der Waals surface area contributed by atoms with Gasteiger partial charge in [-0.2, -0.15) is 0 Å². The summed E-state index contributed by atoms with van der Waals surface area (Å²) in [6, 6.07) is 48.2. The van der Waals surface area contributed by atoms with Crippen molar-refractivity contribution in [1.29, 1.82) is 0 Å². The van der Waals surface area contributed by atoms with Crippen molar-refractivity contribution in [2.45, 2.75) is 31.6 Å². The fourth-order valence-corrected chi connectivity index (χ4v) is 10.1. The zero-order chi connectivity index (χ0) is 37.2. The number of benzene rings is 6. The quantitative estimate of drug-likeness (QED) is 0.115. The van der Waals surface area contributed by atoms with Crippen LogP contribution in [0.4, 0.5) is 0 Å². The molecule has 1 atom stereocenters. The van der Waals surface area contributed by atoms with Crippen molar-refractivity contribution >= 4 is 80.8 Å². The summed E-state index contributed by atoms with van der Waals surface area (Å²) in [6.45, 7) is 4.00. The monoisotopic (exact) mass is 739 g/mol. The third kappa shape index (κ3) is 5.24. The van der Waals surface area contributed by atoms with Crippen LogP contribution in [0, 0.1) is 0 Å². The molecule has 6 heteroatoms. The van der Waals surface area contributed by atoms with E-state index in [0.717, 1.165) is 54.3 Å². The summed E-state index contributed by atoms with van der Waals surface area (Å²) < 4.78 is 7.33. The van der Waals surface area contributed by atoms with E-state index in [-0.39, 0.29) is 5.92 Å². The van der Waals surface area contributed by atoms with Crippen molar-refractivity contribution in [1.82, 2.24) is 24.1 Å². The van der Waals surface area contributed by atoms with E-state index in [9.17, 15) is 0 Å². The van der Waals surface area contributed by atoms with E-state index >= 15 is 0 Å². The maximum atomic E-state index is 5.23. The van der Waals surface area contributed by atoms with Gasteiger partial charge < -0.3 is 9.13 Å². The van der Waals surface area contributed by atoms with Crippen LogP contribution in [-0.4, -0.2) is 24.1 Å². The summed E-state index contributed by atoms with van der Waals surface area (Å²) in [5.74, 6) is 1.51. The molecule has 0 fully saturated rings. The molecule has 56 heavy (non-hydrogen) atoms. The van der Waals surface area contributed by atoms with Crippen LogP contribution in [0.15, 0.2) is 170 Å². The smallest absolute Gasteiger partial charge is 0.164 e. The Hall–Kier alpha value is -6.63. The Bertz CT molecular complexity index is 3190. The van der Waals surface area contributed by atoms with Gasteiger partial charge in [0.2, 0.25) is 0 Å². The van der Waals surface area contributed by atoms with Gasteiger partial charge >= 0.3 is 0 Å². The number of fused-ring (bicyclic) bond motifs is 9. The Kier molecular flexibility index (Phi) is 7.78. The number of hydrogen-bond donors (Lipinski definition) is 0. The van der Waals surface area contributed by atoms with E-state index in [2.05, 4.69) is 161 Å². The van der Waals surface area contributed by atoms with Gasteiger partial charge in [0.25, 0.3) is 0 Å². The summed E-state index contributed by atoms with van der Waals surface area (Å²) in [5.41, 5.74) is 9.54. The first-order valence-electron chi connectivity index (χ1n) is 19.4. The van der Waals surface area contributed by atoms with Crippen molar-refractivity contribution in [3.05, 3.63) is 176 Å². The van der Waals surface area contributed by atoms with Gasteiger partial charge in [-0.1, -0.05) is 96.6 Å². The largest absolute Gasteiger partial charge is 0.310 e. The van der Waals surface area contributed by atoms with Crippen LogP contribution in [0.25, 0.3) is 86.6 Å². The molecule has 11 rings (SSSR count). The Morgan fingerprint density at radius 1 is 0.661 bits per heavy atom. The molecule has 0 aliphatic heterocycles. The van der Waals surface area contributed by atoms with Crippen molar-refractivity contribution in [3.63, 3.8) is 0 Å². The number of thiophene rings is 1. The molecule has 0 spiro atoms. The molecular weight excluding hydrogens is 703 g/mol. The molecule has 0 bridgehead atoms. The molecule has 1 aliphatic rings. The zero-order valence-electron chi connectivity index (χ0n) is 30.8. The molecular formula is C50H37N5S. The summed E-state index contributed by atoms with van der Waals surface area (Å²) >= 11 is 1.80. The number of nitrogens with zero attached hydrogens (tertiary/aromatic N) is 5. The van der Waals surface area contributed by atoms with Crippen molar-refractivity contribution in [2.75, 3.05) is 0 Å². The van der Waals surface area contributed by atoms with Crippen molar-refractivity contribution in [2.24, 2.45) is 0 Å². The standard InChI is InChI=1S/C50H37N5S/c1-2-3-4-14-32-27-33(49-51-31-52-50(53-49)41-20-13-19-40-39-18-8-12-24-47(39)56-48(40)41)29-35(28-32)55-45-23-11-7-17-38(45)42-30-34(25-26-46(42)55)54-43-21-9-5-15-36(43)37-16-6-10-22-44(37)54/h2,5-13,15-26,28-31,33H,1,3-4,14,27H2. The first-order chi connectivity index (χ1) is 27.7. The van der Waals surface area contributed by atoms with Crippen LogP contribution in [0.3, 0.4) is 0 Å². The van der Waals surface area contributed by atoms with E-state index in [1.165, 1.54) is 69.4 Å². The number of rotatable bonds is 8. The Morgan fingerprint density at radius 3 is 2.09 bits per heavy atom. The SMILES string of the molecule is C=CCCCC1=CC(n2c3ccccc3c3cc(-n4c5ccccc5c5ccccc54)ccc32)=CC(c2ncnc(-c3cccc4c3sc3ccccc34)n2)C1. The lowest BCUT2D eigenvalue weighted by Gasteiger charge is -2.23. The third-order valence-electron chi connectivity index (χ3n) is 11.4. The topological polar surface area (TPSA) is 48.5 Å². The minimum absolute atomic E-state index is 0.00909. The molecule has 1 unspecified atom stereocenters. The van der Waals surface area contributed by atoms with Gasteiger partial charge in [0.15, 0.2) is 5.82 Å². The maximum absolute atomic E-state index is 5.23. The second kappa shape index (κ2) is 13.3. The van der Waals surface area contributed by atoms with E-state index in [4.69, 9.17) is 15.0 Å². The number of hydrogen-bond acceptors (Lipinski definition) is 4. The van der Waals surface area contributed by atoms with Gasteiger partial charge in [-0.25, -0.2) is 15.0 Å². The molecule has 0 amide bonds. The average molecular weight is 740 g/mol. The van der Waals surface area contributed by atoms with Gasteiger partial charge in [0.1, 0.15) is 12.2 Å². The molecule has 4 aromatic heterocycles. The van der Waals surface area contributed by atoms with Gasteiger partial charge in [-0.05, 0) is 86.4 Å². The van der Waals surface area contributed by atoms with Gasteiger partial charge in [-0.3, -0.25) is 0 Å². The normalized spacial score (nSPS) is 14.7. The summed E-state index contributed by atoms with van der Waals surface area (Å²) in [5, 5.41) is 7.49. The molecule has 6 aromatic carbocycles. The molecule has 268 valence electrons. The summed E-state index contributed by atoms with van der Waals surface area (Å²) in [7, 11) is 0. The van der Waals surface area contributed by atoms with Crippen LogP contribution in [0.2, 0.25) is 0 Å². The second-order valence-electron chi connectivity index (χ2n) is 14.8. The Labute approximate surface area is 328 Å². The molecule has 0 saturated heterocycles. The molecule has 1 aliphatic carbocycles. The molecule has 4 heterocycles. The van der Waals surface area contributed by atoms with Crippen LogP contribution in [-0.2, 0) is 0 Å². The van der Waals surface area contributed by atoms with Crippen LogP contribution >= 0.6 is 11.3 Å². The highest BCUT2D eigenvalue weighted by atomic mass is 32.1. The lowest BCUT2D eigenvalue weighted by atomic mass is 9.89. The molecule has 0 saturated carbocycles. The van der Waals surface area contributed by atoms with Crippen molar-refractivity contribution < 1.29 is 0 Å². The number of aromatic nitrogens is 5. The first-order valence-corrected chi connectivity index (χ1v) is 20.2.